The van der Waals surface area contributed by atoms with Gasteiger partial charge < -0.3 is 10.4 Å². The molecule has 4 bridgehead atoms. The number of aliphatic hydroxyl groups is 1. The molecule has 1 aromatic carbocycles. The third-order valence-corrected chi connectivity index (χ3v) is 6.05. The molecule has 7 atom stereocenters. The van der Waals surface area contributed by atoms with Crippen molar-refractivity contribution < 1.29 is 9.90 Å². The number of rotatable bonds is 6. The third-order valence-electron chi connectivity index (χ3n) is 6.05. The maximum atomic E-state index is 11.1. The van der Waals surface area contributed by atoms with Crippen LogP contribution in [0, 0.1) is 11.8 Å². The molecule has 3 heterocycles. The lowest BCUT2D eigenvalue weighted by Gasteiger charge is -2.34. The van der Waals surface area contributed by atoms with Gasteiger partial charge in [-0.1, -0.05) is 50.3 Å². The van der Waals surface area contributed by atoms with Crippen LogP contribution in [0.25, 0.3) is 0 Å². The van der Waals surface area contributed by atoms with E-state index in [1.165, 1.54) is 5.56 Å². The summed E-state index contributed by atoms with van der Waals surface area (Å²) in [6, 6.07) is 8.37. The van der Waals surface area contributed by atoms with Gasteiger partial charge >= 0.3 is 0 Å². The Morgan fingerprint density at radius 2 is 2.09 bits per heavy atom. The zero-order valence-corrected chi connectivity index (χ0v) is 13.6. The Hall–Kier alpha value is -1.49. The van der Waals surface area contributed by atoms with Crippen LogP contribution in [0.5, 0.6) is 0 Å². The second-order valence-corrected chi connectivity index (χ2v) is 7.08. The first-order valence-electron chi connectivity index (χ1n) is 8.58. The second kappa shape index (κ2) is 5.26. The van der Waals surface area contributed by atoms with E-state index in [9.17, 15) is 9.90 Å². The lowest BCUT2D eigenvalue weighted by molar-refractivity contribution is 0.0526. The van der Waals surface area contributed by atoms with Crippen LogP contribution in [-0.2, 0) is 0 Å². The predicted octanol–water partition coefficient (Wildman–Crippen LogP) is 1.77. The molecule has 122 valence electrons. The van der Waals surface area contributed by atoms with Crippen molar-refractivity contribution in [2.75, 3.05) is 13.1 Å². The molecule has 0 saturated carbocycles. The van der Waals surface area contributed by atoms with Crippen LogP contribution in [-0.4, -0.2) is 47.2 Å². The molecule has 0 amide bonds. The van der Waals surface area contributed by atoms with Crippen molar-refractivity contribution in [1.82, 2.24) is 10.2 Å². The van der Waals surface area contributed by atoms with E-state index in [0.717, 1.165) is 19.4 Å². The fourth-order valence-electron chi connectivity index (χ4n) is 4.83. The van der Waals surface area contributed by atoms with Crippen LogP contribution in [0.1, 0.15) is 35.7 Å². The van der Waals surface area contributed by atoms with E-state index in [-0.39, 0.29) is 12.0 Å². The first-order chi connectivity index (χ1) is 11.1. The quantitative estimate of drug-likeness (QED) is 0.477. The second-order valence-electron chi connectivity index (χ2n) is 7.08. The average Bonchev–Trinajstić information content (AvgIpc) is 3.15. The summed E-state index contributed by atoms with van der Waals surface area (Å²) in [5, 5.41) is 14.5. The van der Waals surface area contributed by atoms with Gasteiger partial charge in [-0.05, 0) is 18.0 Å². The molecule has 2 saturated heterocycles. The molecule has 4 aliphatic rings. The highest BCUT2D eigenvalue weighted by atomic mass is 16.3. The monoisotopic (exact) mass is 312 g/mol. The van der Waals surface area contributed by atoms with Gasteiger partial charge in [-0.25, -0.2) is 0 Å². The Morgan fingerprint density at radius 1 is 1.35 bits per heavy atom. The molecule has 4 heteroatoms. The van der Waals surface area contributed by atoms with E-state index < -0.39 is 5.72 Å². The largest absolute Gasteiger partial charge is 0.373 e. The number of carbonyl (C=O) groups is 1. The lowest BCUT2D eigenvalue weighted by atomic mass is 9.74. The Labute approximate surface area is 137 Å². The van der Waals surface area contributed by atoms with E-state index in [0.29, 0.717) is 23.4 Å². The molecule has 2 fully saturated rings. The standard InChI is InChI=1S/C19H24N2O2/c1-3-20-10-16-15-8-9-17-19(16,23)21(17)18(15)12(2)14-6-4-13(11-22)5-7-14/h4-9,11-12,15-18,20,23H,3,10H2,1-2H3/t12-,15+,16-,17-,18+,19+,21?/m1/s1. The minimum absolute atomic E-state index is 0.179. The summed E-state index contributed by atoms with van der Waals surface area (Å²) in [5.41, 5.74) is 1.29. The SMILES string of the molecule is CCNC[C@@H]1[C@@H]2C=C[C@H]3N([C@H]2[C@H](C)c2ccc(C=O)cc2)[C@]13O. The van der Waals surface area contributed by atoms with Crippen molar-refractivity contribution in [3.05, 3.63) is 47.5 Å². The molecule has 2 N–H and O–H groups in total. The summed E-state index contributed by atoms with van der Waals surface area (Å²) < 4.78 is 0. The first kappa shape index (κ1) is 15.1. The molecule has 0 spiro atoms. The minimum atomic E-state index is -0.650. The Bertz CT molecular complexity index is 641. The number of nitrogens with zero attached hydrogens (tertiary/aromatic N) is 1. The van der Waals surface area contributed by atoms with Gasteiger partial charge in [0.2, 0.25) is 0 Å². The molecule has 0 radical (unpaired) electrons. The summed E-state index contributed by atoms with van der Waals surface area (Å²) in [5.74, 6) is 0.970. The molecule has 1 unspecified atom stereocenters. The zero-order chi connectivity index (χ0) is 16.2. The average molecular weight is 312 g/mol. The van der Waals surface area contributed by atoms with Gasteiger partial charge in [-0.2, -0.15) is 0 Å². The summed E-state index contributed by atoms with van der Waals surface area (Å²) >= 11 is 0. The van der Waals surface area contributed by atoms with E-state index in [1.54, 1.807) is 0 Å². The molecule has 0 aromatic heterocycles. The number of hydrogen-bond donors (Lipinski definition) is 2. The van der Waals surface area contributed by atoms with Gasteiger partial charge in [0, 0.05) is 30.0 Å². The molecule has 1 aliphatic carbocycles. The number of piperidine rings is 1. The first-order valence-corrected chi connectivity index (χ1v) is 8.58. The van der Waals surface area contributed by atoms with E-state index in [1.807, 2.05) is 24.3 Å². The highest BCUT2D eigenvalue weighted by molar-refractivity contribution is 5.74. The van der Waals surface area contributed by atoms with Crippen LogP contribution in [0.15, 0.2) is 36.4 Å². The van der Waals surface area contributed by atoms with Crippen molar-refractivity contribution in [3.63, 3.8) is 0 Å². The zero-order valence-electron chi connectivity index (χ0n) is 13.6. The highest BCUT2D eigenvalue weighted by Gasteiger charge is 2.77. The van der Waals surface area contributed by atoms with Crippen molar-refractivity contribution in [2.24, 2.45) is 11.8 Å². The van der Waals surface area contributed by atoms with Crippen molar-refractivity contribution in [1.29, 1.82) is 0 Å². The van der Waals surface area contributed by atoms with Gasteiger partial charge in [0.05, 0.1) is 6.04 Å². The van der Waals surface area contributed by atoms with Crippen LogP contribution in [0.2, 0.25) is 0 Å². The predicted molar refractivity (Wildman–Crippen MR) is 89.3 cm³/mol. The normalized spacial score (nSPS) is 40.9. The van der Waals surface area contributed by atoms with Gasteiger partial charge in [-0.3, -0.25) is 9.69 Å². The molecule has 1 aromatic rings. The highest BCUT2D eigenvalue weighted by Crippen LogP contribution is 2.63. The van der Waals surface area contributed by atoms with Crippen LogP contribution >= 0.6 is 0 Å². The number of nitrogens with one attached hydrogen (secondary N) is 1. The maximum absolute atomic E-state index is 11.1. The summed E-state index contributed by atoms with van der Waals surface area (Å²) in [7, 11) is 0. The van der Waals surface area contributed by atoms with Gasteiger partial charge in [0.1, 0.15) is 12.0 Å². The maximum Gasteiger partial charge on any atom is 0.150 e. The number of carbonyl (C=O) groups excluding carboxylic acids is 1. The van der Waals surface area contributed by atoms with Gasteiger partial charge in [-0.15, -0.1) is 0 Å². The summed E-state index contributed by atoms with van der Waals surface area (Å²) in [4.78, 5) is 13.1. The van der Waals surface area contributed by atoms with E-state index in [2.05, 4.69) is 36.2 Å². The molecule has 3 aliphatic heterocycles. The molecular formula is C19H24N2O2. The number of benzene rings is 1. The molecule has 4 nitrogen and oxygen atoms in total. The topological polar surface area (TPSA) is 52.3 Å². The molecule has 23 heavy (non-hydrogen) atoms. The molecular weight excluding hydrogens is 288 g/mol. The summed E-state index contributed by atoms with van der Waals surface area (Å²) in [6.45, 7) is 6.13. The van der Waals surface area contributed by atoms with E-state index in [4.69, 9.17) is 0 Å². The molecule has 5 rings (SSSR count). The van der Waals surface area contributed by atoms with Gasteiger partial charge in [0.25, 0.3) is 0 Å². The van der Waals surface area contributed by atoms with Crippen LogP contribution in [0.3, 0.4) is 0 Å². The van der Waals surface area contributed by atoms with E-state index >= 15 is 0 Å². The minimum Gasteiger partial charge on any atom is -0.373 e. The smallest absolute Gasteiger partial charge is 0.150 e. The van der Waals surface area contributed by atoms with Crippen molar-refractivity contribution in [3.8, 4) is 0 Å². The third kappa shape index (κ3) is 1.98. The van der Waals surface area contributed by atoms with Crippen LogP contribution in [0.4, 0.5) is 0 Å². The van der Waals surface area contributed by atoms with Crippen molar-refractivity contribution >= 4 is 6.29 Å². The van der Waals surface area contributed by atoms with Crippen LogP contribution < -0.4 is 5.32 Å². The van der Waals surface area contributed by atoms with Gasteiger partial charge in [0.15, 0.2) is 0 Å². The fourth-order valence-corrected chi connectivity index (χ4v) is 4.83. The van der Waals surface area contributed by atoms with Crippen molar-refractivity contribution in [2.45, 2.75) is 37.6 Å². The number of aldehydes is 1. The lowest BCUT2D eigenvalue weighted by Crippen LogP contribution is -2.42. The number of hydrogen-bond acceptors (Lipinski definition) is 4. The summed E-state index contributed by atoms with van der Waals surface area (Å²) in [6.07, 6.45) is 5.36. The fraction of sp³-hybridized carbons (Fsp3) is 0.526. The Morgan fingerprint density at radius 3 is 2.74 bits per heavy atom. The Kier molecular flexibility index (Phi) is 3.45. The Balaban J connectivity index is 1.60.